The number of ether oxygens (including phenoxy) is 4. The summed E-state index contributed by atoms with van der Waals surface area (Å²) in [6.07, 6.45) is 8.50. The van der Waals surface area contributed by atoms with E-state index in [2.05, 4.69) is 12.2 Å². The summed E-state index contributed by atoms with van der Waals surface area (Å²) in [7, 11) is 1.61. The van der Waals surface area contributed by atoms with Gasteiger partial charge in [-0.15, -0.1) is 0 Å². The fourth-order valence-electron chi connectivity index (χ4n) is 3.70. The molecule has 0 aliphatic heterocycles. The Morgan fingerprint density at radius 2 is 1.31 bits per heavy atom. The number of carbonyl (C=O) groups excluding carboxylic acids is 3. The van der Waals surface area contributed by atoms with E-state index in [1.165, 1.54) is 32.6 Å². The van der Waals surface area contributed by atoms with E-state index in [4.69, 9.17) is 59.5 Å². The molecule has 0 spiro atoms. The summed E-state index contributed by atoms with van der Waals surface area (Å²) < 4.78 is 20.1. The third kappa shape index (κ3) is 43.0. The molecule has 0 aromatic heterocycles. The molecule has 0 saturated heterocycles. The van der Waals surface area contributed by atoms with Gasteiger partial charge in [0.15, 0.2) is 5.78 Å². The number of amides is 1. The van der Waals surface area contributed by atoms with Gasteiger partial charge >= 0.3 is 17.9 Å². The van der Waals surface area contributed by atoms with Crippen molar-refractivity contribution in [2.45, 2.75) is 90.1 Å². The fraction of sp³-hybridized carbons (Fsp3) is 0.742. The topological polar surface area (TPSA) is 275 Å². The maximum Gasteiger partial charge on any atom is 0.414 e. The number of nitrogens with one attached hydrogen (secondary N) is 1. The van der Waals surface area contributed by atoms with E-state index in [-0.39, 0.29) is 32.6 Å². The zero-order valence-corrected chi connectivity index (χ0v) is 30.9. The number of unbranched alkanes of at least 4 members (excludes halogenated alkanes) is 2. The van der Waals surface area contributed by atoms with Gasteiger partial charge in [0, 0.05) is 54.0 Å². The fourth-order valence-corrected chi connectivity index (χ4v) is 3.70. The van der Waals surface area contributed by atoms with Gasteiger partial charge < -0.3 is 50.4 Å². The Kier molecular flexibility index (Phi) is 39.2. The Labute approximate surface area is 302 Å². The van der Waals surface area contributed by atoms with Crippen LogP contribution in [-0.2, 0) is 73.6 Å². The summed E-state index contributed by atoms with van der Waals surface area (Å²) in [4.78, 5) is 72.7. The first-order valence-corrected chi connectivity index (χ1v) is 15.5. The van der Waals surface area contributed by atoms with Gasteiger partial charge in [0.05, 0.1) is 46.0 Å². The molecular weight excluding hydrogens is 835 g/mol. The predicted octanol–water partition coefficient (Wildman–Crippen LogP) is 1.33. The van der Waals surface area contributed by atoms with E-state index in [9.17, 15) is 19.2 Å². The van der Waals surface area contributed by atoms with E-state index < -0.39 is 49.0 Å². The van der Waals surface area contributed by atoms with Crippen LogP contribution < -0.4 is 11.1 Å². The molecule has 0 radical (unpaired) electrons. The van der Waals surface area contributed by atoms with Crippen molar-refractivity contribution in [1.29, 1.82) is 0 Å². The molecule has 49 heavy (non-hydrogen) atoms. The van der Waals surface area contributed by atoms with E-state index >= 15 is 0 Å². The average Bonchev–Trinajstić information content (AvgIpc) is 2.99. The van der Waals surface area contributed by atoms with Crippen molar-refractivity contribution in [1.82, 2.24) is 5.32 Å². The number of Topliss-reactive ketones (excluding diaryl/α,β-unsaturated/α-hetero) is 2. The van der Waals surface area contributed by atoms with Gasteiger partial charge in [-0.1, -0.05) is 19.3 Å². The van der Waals surface area contributed by atoms with E-state index in [1.807, 2.05) is 0 Å². The number of hydrogen-bond acceptors (Lipinski definition) is 12. The van der Waals surface area contributed by atoms with Crippen LogP contribution in [0.15, 0.2) is 0 Å². The monoisotopic (exact) mass is 890 g/mol. The van der Waals surface area contributed by atoms with Gasteiger partial charge in [-0.3, -0.25) is 19.2 Å². The number of carboxylic acid groups (broad SMARTS) is 4. The normalized spacial score (nSPS) is 15.1. The van der Waals surface area contributed by atoms with Crippen molar-refractivity contribution >= 4 is 41.4 Å². The average molecular weight is 891 g/mol. The second-order valence-corrected chi connectivity index (χ2v) is 10.6. The first-order chi connectivity index (χ1) is 22.5. The molecule has 7 N–H and O–H groups in total. The van der Waals surface area contributed by atoms with Crippen LogP contribution in [0.1, 0.15) is 78.1 Å². The zero-order chi connectivity index (χ0) is 37.3. The Balaban J connectivity index is -0.000000428. The van der Waals surface area contributed by atoms with Crippen molar-refractivity contribution in [2.24, 2.45) is 11.7 Å². The number of hydrogen-bond donors (Lipinski definition) is 6. The van der Waals surface area contributed by atoms with Crippen LogP contribution in [0.25, 0.3) is 0 Å². The second-order valence-electron chi connectivity index (χ2n) is 10.6. The summed E-state index contributed by atoms with van der Waals surface area (Å²) in [6, 6.07) is -0.245. The number of nitrogens with two attached hydrogens (primary N) is 1. The van der Waals surface area contributed by atoms with Gasteiger partial charge in [0.2, 0.25) is 5.91 Å². The van der Waals surface area contributed by atoms with Crippen LogP contribution in [-0.4, -0.2) is 127 Å². The van der Waals surface area contributed by atoms with Gasteiger partial charge in [-0.2, -0.15) is 0 Å². The van der Waals surface area contributed by atoms with Crippen LogP contribution >= 0.6 is 0 Å². The Morgan fingerprint density at radius 3 is 1.76 bits per heavy atom. The molecule has 0 heterocycles. The SMILES string of the molecule is CC(=O)O.COCCOCCOCCC(=O)CCCCCC(NC(=O)COCC(=O)O)C(C)=O.O=C(O)C(=O)O.[CH2+][C@H]1CCCC[C@@H]1N.[Pt]. The van der Waals surface area contributed by atoms with Crippen LogP contribution in [0, 0.1) is 12.8 Å². The summed E-state index contributed by atoms with van der Waals surface area (Å²) in [5, 5.41) is 33.2. The molecular formula is C31H55N2O15Pt+. The zero-order valence-electron chi connectivity index (χ0n) is 28.6. The first-order valence-electron chi connectivity index (χ1n) is 15.5. The Hall–Kier alpha value is -2.95. The second kappa shape index (κ2) is 36.3. The van der Waals surface area contributed by atoms with Crippen molar-refractivity contribution in [3.8, 4) is 0 Å². The predicted molar refractivity (Wildman–Crippen MR) is 171 cm³/mol. The smallest absolute Gasteiger partial charge is 0.414 e. The van der Waals surface area contributed by atoms with Gasteiger partial charge in [0.1, 0.15) is 24.9 Å². The maximum atomic E-state index is 11.8. The standard InChI is InChI=1S/C20H35NO9.C7H14N.C2H2O4.C2H4O2.Pt/c1-16(22)18(21-19(24)14-30-15-20(25)26)7-5-3-4-6-17(23)8-9-28-12-13-29-11-10-27-2;1-6-4-2-3-5-7(6)8;3-1(4)2(5)6;1-2(3)4;/h18H,3-15H2,1-2H3,(H,21,24)(H,25,26);6-7H,1-5,8H2;(H,3,4)(H,5,6);1H3,(H,3,4);/q;+1;;;/t;6-,7-;;;/m.0.../s1. The molecule has 1 amide bonds. The van der Waals surface area contributed by atoms with Crippen LogP contribution in [0.5, 0.6) is 0 Å². The summed E-state index contributed by atoms with van der Waals surface area (Å²) in [5.74, 6) is -5.70. The molecule has 288 valence electrons. The third-order valence-corrected chi connectivity index (χ3v) is 6.21. The minimum atomic E-state index is -1.82. The van der Waals surface area contributed by atoms with Crippen LogP contribution in [0.4, 0.5) is 0 Å². The minimum Gasteiger partial charge on any atom is -0.481 e. The minimum absolute atomic E-state index is 0. The molecule has 0 bridgehead atoms. The summed E-state index contributed by atoms with van der Waals surface area (Å²) >= 11 is 0. The van der Waals surface area contributed by atoms with Gasteiger partial charge in [-0.25, -0.2) is 14.4 Å². The molecule has 1 saturated carbocycles. The third-order valence-electron chi connectivity index (χ3n) is 6.21. The summed E-state index contributed by atoms with van der Waals surface area (Å²) in [6.45, 7) is 7.78. The van der Waals surface area contributed by atoms with Crippen molar-refractivity contribution in [2.75, 3.05) is 53.4 Å². The number of rotatable bonds is 21. The van der Waals surface area contributed by atoms with E-state index in [0.29, 0.717) is 77.1 Å². The first kappa shape index (κ1) is 52.9. The van der Waals surface area contributed by atoms with E-state index in [0.717, 1.165) is 13.3 Å². The van der Waals surface area contributed by atoms with Gasteiger partial charge in [0.25, 0.3) is 5.97 Å². The quantitative estimate of drug-likeness (QED) is 0.0539. The number of methoxy groups -OCH3 is 1. The Morgan fingerprint density at radius 1 is 0.776 bits per heavy atom. The van der Waals surface area contributed by atoms with Crippen molar-refractivity contribution in [3.05, 3.63) is 6.92 Å². The maximum absolute atomic E-state index is 11.8. The Bertz CT molecular complexity index is 911. The van der Waals surface area contributed by atoms with Crippen LogP contribution in [0.2, 0.25) is 0 Å². The molecule has 18 heteroatoms. The number of ketones is 2. The van der Waals surface area contributed by atoms with Crippen LogP contribution in [0.3, 0.4) is 0 Å². The molecule has 1 aliphatic carbocycles. The number of aliphatic carboxylic acids is 4. The summed E-state index contributed by atoms with van der Waals surface area (Å²) in [5.41, 5.74) is 5.72. The van der Waals surface area contributed by atoms with Crippen molar-refractivity contribution in [3.63, 3.8) is 0 Å². The molecule has 1 aliphatic rings. The molecule has 17 nitrogen and oxygen atoms in total. The van der Waals surface area contributed by atoms with Crippen molar-refractivity contribution < 1.29 is 94.0 Å². The molecule has 1 rings (SSSR count). The molecule has 3 atom stereocenters. The van der Waals surface area contributed by atoms with E-state index in [1.54, 1.807) is 7.11 Å². The number of carbonyl (C=O) groups is 7. The largest absolute Gasteiger partial charge is 0.481 e. The van der Waals surface area contributed by atoms with Gasteiger partial charge in [-0.05, 0) is 39.0 Å². The number of carboxylic acids is 4. The molecule has 0 aromatic rings. The molecule has 0 aromatic carbocycles. The molecule has 1 fully saturated rings. The molecule has 1 unspecified atom stereocenters.